The lowest BCUT2D eigenvalue weighted by atomic mass is 10.1. The minimum Gasteiger partial charge on any atom is -0.489 e. The van der Waals surface area contributed by atoms with Crippen LogP contribution in [-0.4, -0.2) is 51.0 Å². The van der Waals surface area contributed by atoms with Gasteiger partial charge in [0, 0.05) is 32.0 Å². The van der Waals surface area contributed by atoms with E-state index in [4.69, 9.17) is 9.84 Å². The van der Waals surface area contributed by atoms with Gasteiger partial charge in [0.2, 0.25) is 0 Å². The summed E-state index contributed by atoms with van der Waals surface area (Å²) in [5.74, 6) is 0.0321. The number of aromatic nitrogens is 3. The highest BCUT2D eigenvalue weighted by Crippen LogP contribution is 2.31. The molecule has 0 unspecified atom stereocenters. The molecule has 0 amide bonds. The Labute approximate surface area is 182 Å². The van der Waals surface area contributed by atoms with E-state index < -0.39 is 5.97 Å². The van der Waals surface area contributed by atoms with Gasteiger partial charge in [0.25, 0.3) is 0 Å². The predicted molar refractivity (Wildman–Crippen MR) is 114 cm³/mol. The second-order valence-corrected chi connectivity index (χ2v) is 9.45. The minimum absolute atomic E-state index is 0.00321. The number of thioether (sulfide) groups is 1. The Morgan fingerprint density at radius 2 is 2.17 bits per heavy atom. The molecule has 1 aromatic carbocycles. The number of carboxylic acid groups (broad SMARTS) is 1. The summed E-state index contributed by atoms with van der Waals surface area (Å²) in [5.41, 5.74) is 0.529. The molecular weight excluding hydrogens is 483 g/mol. The van der Waals surface area contributed by atoms with Crippen LogP contribution in [0.4, 0.5) is 10.2 Å². The molecule has 3 heterocycles. The Morgan fingerprint density at radius 3 is 2.93 bits per heavy atom. The summed E-state index contributed by atoms with van der Waals surface area (Å²) in [5, 5.41) is 8.79. The molecule has 11 heteroatoms. The largest absolute Gasteiger partial charge is 0.489 e. The quantitative estimate of drug-likeness (QED) is 0.505. The van der Waals surface area contributed by atoms with E-state index >= 15 is 0 Å². The molecule has 0 bridgehead atoms. The fraction of sp³-hybridized carbons (Fsp3) is 0.333. The first kappa shape index (κ1) is 20.3. The molecule has 29 heavy (non-hydrogen) atoms. The fourth-order valence-corrected chi connectivity index (χ4v) is 5.00. The fourth-order valence-electron chi connectivity index (χ4n) is 2.98. The van der Waals surface area contributed by atoms with Gasteiger partial charge in [-0.3, -0.25) is 4.79 Å². The first-order chi connectivity index (χ1) is 14.0. The second-order valence-electron chi connectivity index (χ2n) is 6.40. The number of fused-ring (bicyclic) bond motifs is 1. The van der Waals surface area contributed by atoms with Gasteiger partial charge in [0.1, 0.15) is 23.5 Å². The van der Waals surface area contributed by atoms with Crippen LogP contribution in [0.25, 0.3) is 10.5 Å². The summed E-state index contributed by atoms with van der Waals surface area (Å²) < 4.78 is 20.8. The zero-order valence-corrected chi connectivity index (χ0v) is 18.3. The maximum absolute atomic E-state index is 13.4. The van der Waals surface area contributed by atoms with Crippen LogP contribution in [0.5, 0.6) is 5.75 Å². The summed E-state index contributed by atoms with van der Waals surface area (Å²) in [7, 11) is 0. The lowest BCUT2D eigenvalue weighted by Gasteiger charge is -2.32. The van der Waals surface area contributed by atoms with Gasteiger partial charge in [0.05, 0.1) is 16.4 Å². The van der Waals surface area contributed by atoms with Crippen LogP contribution in [0.2, 0.25) is 0 Å². The monoisotopic (exact) mass is 498 g/mol. The Hall–Kier alpha value is -1.98. The number of aliphatic carboxylic acids is 1. The normalized spacial score (nSPS) is 15.0. The van der Waals surface area contributed by atoms with E-state index in [1.165, 1.54) is 35.2 Å². The van der Waals surface area contributed by atoms with Gasteiger partial charge in [-0.2, -0.15) is 0 Å². The van der Waals surface area contributed by atoms with Crippen molar-refractivity contribution in [1.82, 2.24) is 15.0 Å². The minimum atomic E-state index is -0.883. The van der Waals surface area contributed by atoms with Crippen LogP contribution in [0.3, 0.4) is 0 Å². The van der Waals surface area contributed by atoms with Crippen molar-refractivity contribution in [3.8, 4) is 5.75 Å². The van der Waals surface area contributed by atoms with Crippen LogP contribution in [-0.2, 0) is 4.79 Å². The number of hydrogen-bond donors (Lipinski definition) is 1. The molecule has 1 aliphatic rings. The maximum Gasteiger partial charge on any atom is 0.313 e. The van der Waals surface area contributed by atoms with Gasteiger partial charge in [-0.25, -0.2) is 19.3 Å². The van der Waals surface area contributed by atoms with E-state index in [1.807, 2.05) is 0 Å². The van der Waals surface area contributed by atoms with Gasteiger partial charge < -0.3 is 14.7 Å². The molecule has 0 aliphatic carbocycles. The molecule has 1 saturated heterocycles. The zero-order chi connectivity index (χ0) is 20.4. The number of ether oxygens (including phenoxy) is 1. The number of carboxylic acids is 1. The molecule has 1 fully saturated rings. The molecule has 1 aliphatic heterocycles. The topological polar surface area (TPSA) is 88.4 Å². The lowest BCUT2D eigenvalue weighted by Crippen LogP contribution is -2.38. The first-order valence-corrected chi connectivity index (χ1v) is 11.4. The highest BCUT2D eigenvalue weighted by Gasteiger charge is 2.23. The van der Waals surface area contributed by atoms with Crippen molar-refractivity contribution < 1.29 is 19.0 Å². The summed E-state index contributed by atoms with van der Waals surface area (Å²) >= 11 is 5.90. The standard InChI is InChI=1S/C18H16BrFN4O3S2/c19-12-2-1-10(20)7-13(12)27-11-3-5-24(6-4-11)14-8-21-16-17(22-14)29-18(23-16)28-9-15(25)26/h1-2,7-8,11H,3-6,9H2,(H,25,26). The Kier molecular flexibility index (Phi) is 6.16. The molecule has 7 nitrogen and oxygen atoms in total. The van der Waals surface area contributed by atoms with Crippen LogP contribution < -0.4 is 9.64 Å². The van der Waals surface area contributed by atoms with E-state index in [1.54, 1.807) is 12.3 Å². The van der Waals surface area contributed by atoms with Crippen LogP contribution in [0.15, 0.2) is 33.2 Å². The number of anilines is 1. The van der Waals surface area contributed by atoms with Crippen LogP contribution >= 0.6 is 39.0 Å². The molecule has 152 valence electrons. The summed E-state index contributed by atoms with van der Waals surface area (Å²) in [6.45, 7) is 1.49. The highest BCUT2D eigenvalue weighted by molar-refractivity contribution is 9.10. The van der Waals surface area contributed by atoms with Crippen molar-refractivity contribution in [3.63, 3.8) is 0 Å². The molecule has 4 rings (SSSR count). The van der Waals surface area contributed by atoms with E-state index in [2.05, 4.69) is 35.8 Å². The van der Waals surface area contributed by atoms with Crippen LogP contribution in [0.1, 0.15) is 12.8 Å². The number of piperidine rings is 1. The highest BCUT2D eigenvalue weighted by atomic mass is 79.9. The third-order valence-electron chi connectivity index (χ3n) is 4.36. The van der Waals surface area contributed by atoms with E-state index in [-0.39, 0.29) is 17.7 Å². The van der Waals surface area contributed by atoms with Gasteiger partial charge in [-0.15, -0.1) is 0 Å². The van der Waals surface area contributed by atoms with Crippen molar-refractivity contribution >= 4 is 61.3 Å². The maximum atomic E-state index is 13.4. The van der Waals surface area contributed by atoms with E-state index in [0.29, 0.717) is 20.6 Å². The number of rotatable bonds is 6. The Balaban J connectivity index is 1.39. The summed E-state index contributed by atoms with van der Waals surface area (Å²) in [6, 6.07) is 4.42. The number of halogens is 2. The molecule has 0 spiro atoms. The molecule has 3 aromatic rings. The lowest BCUT2D eigenvalue weighted by molar-refractivity contribution is -0.133. The predicted octanol–water partition coefficient (Wildman–Crippen LogP) is 4.21. The van der Waals surface area contributed by atoms with Gasteiger partial charge >= 0.3 is 5.97 Å². The van der Waals surface area contributed by atoms with Gasteiger partial charge in [-0.1, -0.05) is 23.1 Å². The number of nitrogens with zero attached hydrogens (tertiary/aromatic N) is 4. The van der Waals surface area contributed by atoms with Crippen LogP contribution in [0, 0.1) is 5.82 Å². The van der Waals surface area contributed by atoms with E-state index in [9.17, 15) is 9.18 Å². The first-order valence-electron chi connectivity index (χ1n) is 8.83. The van der Waals surface area contributed by atoms with E-state index in [0.717, 1.165) is 36.2 Å². The Bertz CT molecular complexity index is 1040. The molecule has 0 radical (unpaired) electrons. The molecular formula is C18H16BrFN4O3S2. The van der Waals surface area contributed by atoms with Crippen molar-refractivity contribution in [2.75, 3.05) is 23.7 Å². The van der Waals surface area contributed by atoms with Crippen molar-refractivity contribution in [2.24, 2.45) is 0 Å². The average Bonchev–Trinajstić information content (AvgIpc) is 3.12. The van der Waals surface area contributed by atoms with Crippen molar-refractivity contribution in [3.05, 3.63) is 34.7 Å². The molecule has 0 atom stereocenters. The summed E-state index contributed by atoms with van der Waals surface area (Å²) in [4.78, 5) is 26.9. The smallest absolute Gasteiger partial charge is 0.313 e. The summed E-state index contributed by atoms with van der Waals surface area (Å²) in [6.07, 6.45) is 3.26. The second kappa shape index (κ2) is 8.80. The van der Waals surface area contributed by atoms with Crippen molar-refractivity contribution in [2.45, 2.75) is 23.3 Å². The SMILES string of the molecule is O=C(O)CSc1nc2ncc(N3CCC(Oc4cc(F)ccc4Br)CC3)nc2s1. The molecule has 2 aromatic heterocycles. The molecule has 0 saturated carbocycles. The number of thiazole rings is 1. The third-order valence-corrected chi connectivity index (χ3v) is 7.08. The van der Waals surface area contributed by atoms with Gasteiger partial charge in [0.15, 0.2) is 14.8 Å². The number of carbonyl (C=O) groups is 1. The van der Waals surface area contributed by atoms with Gasteiger partial charge in [-0.05, 0) is 28.1 Å². The van der Waals surface area contributed by atoms with Crippen molar-refractivity contribution in [1.29, 1.82) is 0 Å². The average molecular weight is 499 g/mol. The third kappa shape index (κ3) is 4.96. The molecule has 1 N–H and O–H groups in total. The number of hydrogen-bond acceptors (Lipinski definition) is 8. The zero-order valence-electron chi connectivity index (χ0n) is 15.0. The Morgan fingerprint density at radius 1 is 1.38 bits per heavy atom. The number of benzene rings is 1.